The molecular weight excluding hydrogens is 404 g/mol. The summed E-state index contributed by atoms with van der Waals surface area (Å²) in [4.78, 5) is 58.9. The number of aliphatic hydroxyl groups is 2. The van der Waals surface area contributed by atoms with E-state index in [-0.39, 0.29) is 5.92 Å². The van der Waals surface area contributed by atoms with Crippen LogP contribution in [0.1, 0.15) is 33.6 Å². The molecule has 0 aromatic heterocycles. The van der Waals surface area contributed by atoms with Crippen LogP contribution in [0.3, 0.4) is 0 Å². The van der Waals surface area contributed by atoms with Crippen LogP contribution in [-0.2, 0) is 24.0 Å². The van der Waals surface area contributed by atoms with Crippen LogP contribution in [0.4, 0.5) is 0 Å². The van der Waals surface area contributed by atoms with Crippen molar-refractivity contribution in [3.63, 3.8) is 0 Å². The number of hydrogen-bond acceptors (Lipinski definition) is 8. The van der Waals surface area contributed by atoms with E-state index in [1.165, 1.54) is 6.92 Å². The Morgan fingerprint density at radius 3 is 1.83 bits per heavy atom. The Morgan fingerprint density at radius 2 is 1.43 bits per heavy atom. The molecule has 0 aromatic carbocycles. The molecule has 0 aromatic rings. The van der Waals surface area contributed by atoms with Gasteiger partial charge in [-0.3, -0.25) is 19.2 Å². The Labute approximate surface area is 173 Å². The van der Waals surface area contributed by atoms with E-state index in [0.29, 0.717) is 6.42 Å². The highest BCUT2D eigenvalue weighted by molar-refractivity contribution is 5.95. The fourth-order valence-electron chi connectivity index (χ4n) is 2.27. The van der Waals surface area contributed by atoms with E-state index in [0.717, 1.165) is 0 Å². The van der Waals surface area contributed by atoms with Gasteiger partial charge in [-0.25, -0.2) is 4.79 Å². The predicted molar refractivity (Wildman–Crippen MR) is 102 cm³/mol. The van der Waals surface area contributed by atoms with Crippen molar-refractivity contribution >= 4 is 29.7 Å². The van der Waals surface area contributed by atoms with Crippen molar-refractivity contribution < 1.29 is 44.4 Å². The van der Waals surface area contributed by atoms with Gasteiger partial charge in [-0.05, 0) is 12.8 Å². The number of carbonyl (C=O) groups is 5. The Hall–Kier alpha value is -2.77. The number of hydrogen-bond donors (Lipinski definition) is 8. The average Bonchev–Trinajstić information content (AvgIpc) is 2.66. The van der Waals surface area contributed by atoms with Crippen molar-refractivity contribution in [3.8, 4) is 0 Å². The Balaban J connectivity index is 5.40. The Bertz CT molecular complexity index is 641. The number of amides is 3. The second-order valence-corrected chi connectivity index (χ2v) is 6.88. The van der Waals surface area contributed by atoms with E-state index >= 15 is 0 Å². The van der Waals surface area contributed by atoms with Crippen LogP contribution >= 0.6 is 0 Å². The molecule has 0 aliphatic heterocycles. The number of carbonyl (C=O) groups excluding carboxylic acids is 3. The zero-order valence-corrected chi connectivity index (χ0v) is 17.0. The number of carboxylic acid groups (broad SMARTS) is 2. The van der Waals surface area contributed by atoms with Gasteiger partial charge in [0.1, 0.15) is 18.1 Å². The third-order valence-corrected chi connectivity index (χ3v) is 4.43. The summed E-state index contributed by atoms with van der Waals surface area (Å²) in [5.74, 6) is -6.26. The van der Waals surface area contributed by atoms with E-state index in [1.807, 2.05) is 12.2 Å². The molecule has 0 heterocycles. The summed E-state index contributed by atoms with van der Waals surface area (Å²) in [6.07, 6.45) is -1.76. The zero-order valence-electron chi connectivity index (χ0n) is 17.0. The van der Waals surface area contributed by atoms with Crippen molar-refractivity contribution in [1.29, 1.82) is 0 Å². The molecule has 9 N–H and O–H groups in total. The van der Waals surface area contributed by atoms with Gasteiger partial charge >= 0.3 is 11.9 Å². The topological polar surface area (TPSA) is 228 Å². The number of carboxylic acids is 2. The first-order chi connectivity index (χ1) is 13.8. The minimum Gasteiger partial charge on any atom is -0.481 e. The summed E-state index contributed by atoms with van der Waals surface area (Å²) in [6, 6.07) is -5.97. The second kappa shape index (κ2) is 12.7. The van der Waals surface area contributed by atoms with E-state index in [4.69, 9.17) is 21.1 Å². The molecule has 13 nitrogen and oxygen atoms in total. The predicted octanol–water partition coefficient (Wildman–Crippen LogP) is -3.25. The SMILES string of the molecule is CCC(C)C(N)C(=O)NC(C(=O)NC(CC(=O)O)C(=O)NC(CO)C(=O)O)C(C)O. The molecule has 13 heteroatoms. The van der Waals surface area contributed by atoms with Crippen LogP contribution < -0.4 is 21.7 Å². The molecule has 3 amide bonds. The lowest BCUT2D eigenvalue weighted by molar-refractivity contribution is -0.144. The van der Waals surface area contributed by atoms with Gasteiger partial charge in [0.05, 0.1) is 25.2 Å². The minimum absolute atomic E-state index is 0.223. The molecule has 0 aliphatic rings. The maximum Gasteiger partial charge on any atom is 0.328 e. The second-order valence-electron chi connectivity index (χ2n) is 6.88. The highest BCUT2D eigenvalue weighted by Crippen LogP contribution is 2.07. The van der Waals surface area contributed by atoms with Gasteiger partial charge < -0.3 is 42.1 Å². The normalized spacial score (nSPS) is 16.9. The van der Waals surface area contributed by atoms with Crippen LogP contribution in [0.2, 0.25) is 0 Å². The number of rotatable bonds is 13. The standard InChI is InChI=1S/C17H30N4O9/c1-4-7(2)12(18)15(27)21-13(8(3)23)16(28)19-9(5-11(24)25)14(26)20-10(6-22)17(29)30/h7-10,12-13,22-23H,4-6,18H2,1-3H3,(H,19,28)(H,20,26)(H,21,27)(H,24,25)(H,29,30). The van der Waals surface area contributed by atoms with E-state index in [2.05, 4.69) is 10.6 Å². The number of aliphatic carboxylic acids is 2. The molecule has 6 atom stereocenters. The summed E-state index contributed by atoms with van der Waals surface area (Å²) < 4.78 is 0. The summed E-state index contributed by atoms with van der Waals surface area (Å²) in [5.41, 5.74) is 5.79. The highest BCUT2D eigenvalue weighted by Gasteiger charge is 2.33. The molecule has 0 saturated heterocycles. The largest absolute Gasteiger partial charge is 0.481 e. The summed E-state index contributed by atoms with van der Waals surface area (Å²) in [6.45, 7) is 3.75. The quantitative estimate of drug-likeness (QED) is 0.144. The van der Waals surface area contributed by atoms with Crippen LogP contribution in [0.25, 0.3) is 0 Å². The third kappa shape index (κ3) is 8.71. The Kier molecular flexibility index (Phi) is 11.5. The van der Waals surface area contributed by atoms with E-state index in [9.17, 15) is 29.1 Å². The van der Waals surface area contributed by atoms with Crippen molar-refractivity contribution in [2.75, 3.05) is 6.61 Å². The first-order valence-corrected chi connectivity index (χ1v) is 9.25. The summed E-state index contributed by atoms with van der Waals surface area (Å²) in [5, 5.41) is 42.9. The van der Waals surface area contributed by atoms with Crippen molar-refractivity contribution in [2.24, 2.45) is 11.7 Å². The highest BCUT2D eigenvalue weighted by atomic mass is 16.4. The van der Waals surface area contributed by atoms with E-state index < -0.39 is 73.0 Å². The molecule has 0 aliphatic carbocycles. The lowest BCUT2D eigenvalue weighted by Crippen LogP contribution is -2.60. The zero-order chi connectivity index (χ0) is 23.6. The minimum atomic E-state index is -1.73. The molecule has 0 bridgehead atoms. The lowest BCUT2D eigenvalue weighted by atomic mass is 9.98. The van der Waals surface area contributed by atoms with Gasteiger partial charge in [0.2, 0.25) is 17.7 Å². The Morgan fingerprint density at radius 1 is 0.900 bits per heavy atom. The van der Waals surface area contributed by atoms with Crippen LogP contribution in [0.15, 0.2) is 0 Å². The molecule has 0 fully saturated rings. The molecule has 30 heavy (non-hydrogen) atoms. The fourth-order valence-corrected chi connectivity index (χ4v) is 2.27. The fraction of sp³-hybridized carbons (Fsp3) is 0.706. The van der Waals surface area contributed by atoms with E-state index in [1.54, 1.807) is 6.92 Å². The van der Waals surface area contributed by atoms with Gasteiger partial charge in [0.25, 0.3) is 0 Å². The third-order valence-electron chi connectivity index (χ3n) is 4.43. The van der Waals surface area contributed by atoms with Crippen LogP contribution in [0, 0.1) is 5.92 Å². The molecule has 0 saturated carbocycles. The van der Waals surface area contributed by atoms with Crippen molar-refractivity contribution in [3.05, 3.63) is 0 Å². The van der Waals surface area contributed by atoms with Crippen LogP contribution in [0.5, 0.6) is 0 Å². The first-order valence-electron chi connectivity index (χ1n) is 9.25. The average molecular weight is 434 g/mol. The van der Waals surface area contributed by atoms with Gasteiger partial charge in [-0.1, -0.05) is 20.3 Å². The molecule has 0 radical (unpaired) electrons. The van der Waals surface area contributed by atoms with Crippen LogP contribution in [-0.4, -0.2) is 87.0 Å². The number of nitrogens with two attached hydrogens (primary N) is 1. The molecule has 6 unspecified atom stereocenters. The molecule has 0 rings (SSSR count). The van der Waals surface area contributed by atoms with Gasteiger partial charge in [-0.2, -0.15) is 0 Å². The number of nitrogens with one attached hydrogen (secondary N) is 3. The maximum absolute atomic E-state index is 12.5. The first kappa shape index (κ1) is 27.2. The maximum atomic E-state index is 12.5. The van der Waals surface area contributed by atoms with Gasteiger partial charge in [-0.15, -0.1) is 0 Å². The molecule has 172 valence electrons. The molecular formula is C17H30N4O9. The summed E-state index contributed by atoms with van der Waals surface area (Å²) >= 11 is 0. The lowest BCUT2D eigenvalue weighted by Gasteiger charge is -2.26. The molecule has 0 spiro atoms. The monoisotopic (exact) mass is 434 g/mol. The van der Waals surface area contributed by atoms with Crippen molar-refractivity contribution in [2.45, 2.75) is 63.9 Å². The smallest absolute Gasteiger partial charge is 0.328 e. The number of aliphatic hydroxyl groups excluding tert-OH is 2. The van der Waals surface area contributed by atoms with Gasteiger partial charge in [0.15, 0.2) is 0 Å². The summed E-state index contributed by atoms with van der Waals surface area (Å²) in [7, 11) is 0. The van der Waals surface area contributed by atoms with Gasteiger partial charge in [0, 0.05) is 0 Å². The van der Waals surface area contributed by atoms with Crippen molar-refractivity contribution in [1.82, 2.24) is 16.0 Å².